The first-order valence-electron chi connectivity index (χ1n) is 12.2. The summed E-state index contributed by atoms with van der Waals surface area (Å²) in [5, 5.41) is 8.81. The Morgan fingerprint density at radius 3 is 2.03 bits per heavy atom. The zero-order chi connectivity index (χ0) is 22.1. The summed E-state index contributed by atoms with van der Waals surface area (Å²) in [5.74, 6) is 0.0939. The van der Waals surface area contributed by atoms with E-state index < -0.39 is 23.5 Å². The lowest BCUT2D eigenvalue weighted by molar-refractivity contribution is -0.215. The maximum absolute atomic E-state index is 13.9. The predicted octanol–water partition coefficient (Wildman–Crippen LogP) is 7.45. The Hall–Kier alpha value is -1.51. The fraction of sp³-hybridized carbons (Fsp3) is 0.731. The van der Waals surface area contributed by atoms with Gasteiger partial charge in [-0.1, -0.05) is 71.1 Å². The molecule has 0 aromatic heterocycles. The second-order valence-corrected chi connectivity index (χ2v) is 9.42. The van der Waals surface area contributed by atoms with Crippen LogP contribution in [0.15, 0.2) is 12.1 Å². The number of hydrogen-bond acceptors (Lipinski definition) is 3. The second kappa shape index (κ2) is 12.5. The molecule has 1 aromatic carbocycles. The molecule has 1 aliphatic carbocycles. The van der Waals surface area contributed by atoms with Crippen LogP contribution in [0.2, 0.25) is 0 Å². The van der Waals surface area contributed by atoms with Gasteiger partial charge in [-0.25, -0.2) is 8.78 Å². The number of unbranched alkanes of at least 4 members (excludes halogenated alkanes) is 6. The van der Waals surface area contributed by atoms with Crippen LogP contribution in [0.3, 0.4) is 0 Å². The first-order valence-corrected chi connectivity index (χ1v) is 12.2. The second-order valence-electron chi connectivity index (χ2n) is 9.42. The molecule has 0 unspecified atom stereocenters. The summed E-state index contributed by atoms with van der Waals surface area (Å²) in [6.07, 6.45) is 15.3. The van der Waals surface area contributed by atoms with Crippen molar-refractivity contribution in [1.29, 1.82) is 5.26 Å². The van der Waals surface area contributed by atoms with Crippen molar-refractivity contribution in [3.63, 3.8) is 0 Å². The van der Waals surface area contributed by atoms with Crippen molar-refractivity contribution in [3.05, 3.63) is 34.9 Å². The van der Waals surface area contributed by atoms with Crippen LogP contribution in [0.1, 0.15) is 101 Å². The van der Waals surface area contributed by atoms with Gasteiger partial charge in [-0.15, -0.1) is 0 Å². The SMILES string of the molecule is CCCCCCCCCC1CCC(C2COC(c3cc(F)c(C#N)c(F)c3)OC2)CC1. The summed E-state index contributed by atoms with van der Waals surface area (Å²) in [6.45, 7) is 3.37. The molecule has 0 bridgehead atoms. The Labute approximate surface area is 186 Å². The molecule has 1 heterocycles. The molecule has 31 heavy (non-hydrogen) atoms. The average molecular weight is 434 g/mol. The highest BCUT2D eigenvalue weighted by molar-refractivity contribution is 5.35. The van der Waals surface area contributed by atoms with Crippen LogP contribution in [-0.2, 0) is 9.47 Å². The highest BCUT2D eigenvalue weighted by Gasteiger charge is 2.32. The van der Waals surface area contributed by atoms with Crippen LogP contribution in [0.5, 0.6) is 0 Å². The number of nitriles is 1. The quantitative estimate of drug-likeness (QED) is 0.360. The number of benzene rings is 1. The molecule has 1 saturated carbocycles. The molecule has 0 amide bonds. The molecule has 5 heteroatoms. The molecule has 0 spiro atoms. The lowest BCUT2D eigenvalue weighted by Crippen LogP contribution is -2.34. The summed E-state index contributed by atoms with van der Waals surface area (Å²) in [5.41, 5.74) is -0.267. The van der Waals surface area contributed by atoms with Crippen LogP contribution in [0, 0.1) is 40.7 Å². The van der Waals surface area contributed by atoms with Crippen LogP contribution < -0.4 is 0 Å². The summed E-state index contributed by atoms with van der Waals surface area (Å²) in [4.78, 5) is 0. The third-order valence-corrected chi connectivity index (χ3v) is 7.15. The van der Waals surface area contributed by atoms with E-state index in [1.165, 1.54) is 77.0 Å². The van der Waals surface area contributed by atoms with Crippen molar-refractivity contribution in [2.45, 2.75) is 90.3 Å². The monoisotopic (exact) mass is 433 g/mol. The molecule has 0 radical (unpaired) electrons. The minimum absolute atomic E-state index is 0.297. The van der Waals surface area contributed by atoms with Gasteiger partial charge in [0, 0.05) is 11.5 Å². The smallest absolute Gasteiger partial charge is 0.184 e. The van der Waals surface area contributed by atoms with Gasteiger partial charge >= 0.3 is 0 Å². The van der Waals surface area contributed by atoms with E-state index in [1.54, 1.807) is 6.07 Å². The Morgan fingerprint density at radius 2 is 1.45 bits per heavy atom. The highest BCUT2D eigenvalue weighted by atomic mass is 19.1. The van der Waals surface area contributed by atoms with Gasteiger partial charge < -0.3 is 9.47 Å². The highest BCUT2D eigenvalue weighted by Crippen LogP contribution is 2.39. The van der Waals surface area contributed by atoms with Crippen LogP contribution in [-0.4, -0.2) is 13.2 Å². The van der Waals surface area contributed by atoms with Crippen LogP contribution in [0.25, 0.3) is 0 Å². The number of ether oxygens (including phenoxy) is 2. The third kappa shape index (κ3) is 6.99. The average Bonchev–Trinajstić information content (AvgIpc) is 2.79. The topological polar surface area (TPSA) is 42.2 Å². The van der Waals surface area contributed by atoms with Crippen molar-refractivity contribution in [2.75, 3.05) is 13.2 Å². The van der Waals surface area contributed by atoms with E-state index in [1.807, 2.05) is 0 Å². The van der Waals surface area contributed by atoms with Crippen molar-refractivity contribution >= 4 is 0 Å². The van der Waals surface area contributed by atoms with E-state index in [9.17, 15) is 8.78 Å². The Balaban J connectivity index is 1.35. The number of halogens is 2. The molecule has 3 nitrogen and oxygen atoms in total. The van der Waals surface area contributed by atoms with Crippen molar-refractivity contribution in [2.24, 2.45) is 17.8 Å². The largest absolute Gasteiger partial charge is 0.348 e. The number of hydrogen-bond donors (Lipinski definition) is 0. The van der Waals surface area contributed by atoms with Gasteiger partial charge in [0.1, 0.15) is 23.3 Å². The Kier molecular flexibility index (Phi) is 9.74. The molecule has 0 atom stereocenters. The fourth-order valence-corrected chi connectivity index (χ4v) is 5.16. The zero-order valence-corrected chi connectivity index (χ0v) is 18.9. The molecular weight excluding hydrogens is 396 g/mol. The Morgan fingerprint density at radius 1 is 0.871 bits per heavy atom. The minimum Gasteiger partial charge on any atom is -0.348 e. The summed E-state index contributed by atoms with van der Waals surface area (Å²) >= 11 is 0. The van der Waals surface area contributed by atoms with Gasteiger partial charge in [-0.3, -0.25) is 0 Å². The molecule has 2 fully saturated rings. The lowest BCUT2D eigenvalue weighted by Gasteiger charge is -2.38. The number of nitrogens with zero attached hydrogens (tertiary/aromatic N) is 1. The summed E-state index contributed by atoms with van der Waals surface area (Å²) in [6, 6.07) is 3.82. The molecule has 3 rings (SSSR count). The predicted molar refractivity (Wildman–Crippen MR) is 117 cm³/mol. The molecule has 1 aromatic rings. The van der Waals surface area contributed by atoms with Crippen molar-refractivity contribution in [3.8, 4) is 6.07 Å². The summed E-state index contributed by atoms with van der Waals surface area (Å²) < 4.78 is 39.4. The molecule has 0 N–H and O–H groups in total. The van der Waals surface area contributed by atoms with E-state index >= 15 is 0 Å². The molecule has 1 saturated heterocycles. The van der Waals surface area contributed by atoms with Crippen LogP contribution in [0.4, 0.5) is 8.78 Å². The van der Waals surface area contributed by atoms with E-state index in [4.69, 9.17) is 14.7 Å². The zero-order valence-electron chi connectivity index (χ0n) is 18.9. The molecular formula is C26H37F2NO2. The maximum atomic E-state index is 13.9. The number of rotatable bonds is 10. The van der Waals surface area contributed by atoms with Crippen molar-refractivity contribution < 1.29 is 18.3 Å². The minimum atomic E-state index is -0.869. The van der Waals surface area contributed by atoms with Gasteiger partial charge in [0.15, 0.2) is 6.29 Å². The van der Waals surface area contributed by atoms with Crippen molar-refractivity contribution in [1.82, 2.24) is 0 Å². The normalized spacial score (nSPS) is 26.5. The Bertz CT molecular complexity index is 694. The van der Waals surface area contributed by atoms with Gasteiger partial charge in [0.05, 0.1) is 13.2 Å². The van der Waals surface area contributed by atoms with E-state index in [2.05, 4.69) is 6.92 Å². The van der Waals surface area contributed by atoms with E-state index in [0.29, 0.717) is 30.6 Å². The standard InChI is InChI=1S/C26H37F2NO2/c1-2-3-4-5-6-7-8-9-19-10-12-20(13-11-19)22-17-30-26(31-18-22)21-14-24(27)23(16-29)25(28)15-21/h14-15,19-20,22,26H,2-13,17-18H2,1H3. The molecule has 2 aliphatic rings. The fourth-order valence-electron chi connectivity index (χ4n) is 5.16. The molecule has 1 aliphatic heterocycles. The van der Waals surface area contributed by atoms with E-state index in [0.717, 1.165) is 18.1 Å². The van der Waals surface area contributed by atoms with Gasteiger partial charge in [-0.05, 0) is 36.8 Å². The first kappa shape index (κ1) is 24.1. The van der Waals surface area contributed by atoms with Gasteiger partial charge in [-0.2, -0.15) is 5.26 Å². The van der Waals surface area contributed by atoms with Crippen LogP contribution >= 0.6 is 0 Å². The first-order chi connectivity index (χ1) is 15.1. The maximum Gasteiger partial charge on any atom is 0.184 e. The van der Waals surface area contributed by atoms with Gasteiger partial charge in [0.25, 0.3) is 0 Å². The van der Waals surface area contributed by atoms with E-state index in [-0.39, 0.29) is 0 Å². The molecule has 172 valence electrons. The van der Waals surface area contributed by atoms with Gasteiger partial charge in [0.2, 0.25) is 0 Å². The lowest BCUT2D eigenvalue weighted by atomic mass is 9.74. The third-order valence-electron chi connectivity index (χ3n) is 7.15. The summed E-state index contributed by atoms with van der Waals surface area (Å²) in [7, 11) is 0.